The first-order chi connectivity index (χ1) is 8.25. The fourth-order valence-corrected chi connectivity index (χ4v) is 2.62. The maximum Gasteiger partial charge on any atom is 0.0781 e. The van der Waals surface area contributed by atoms with Crippen LogP contribution in [0.4, 0.5) is 0 Å². The standard InChI is InChI=1S/C14H11ClS2/c15-13-8-6-12(7-9-13)14(16)17-10-11-4-2-1-3-5-11/h1-9H,10H2. The summed E-state index contributed by atoms with van der Waals surface area (Å²) < 4.78 is 0.908. The van der Waals surface area contributed by atoms with E-state index in [2.05, 4.69) is 12.1 Å². The van der Waals surface area contributed by atoms with Gasteiger partial charge in [-0.25, -0.2) is 0 Å². The Morgan fingerprint density at radius 2 is 1.65 bits per heavy atom. The highest BCUT2D eigenvalue weighted by molar-refractivity contribution is 8.23. The first-order valence-electron chi connectivity index (χ1n) is 5.22. The first kappa shape index (κ1) is 12.6. The normalized spacial score (nSPS) is 10.2. The van der Waals surface area contributed by atoms with Gasteiger partial charge in [-0.2, -0.15) is 0 Å². The van der Waals surface area contributed by atoms with Crippen molar-refractivity contribution in [3.63, 3.8) is 0 Å². The molecule has 0 N–H and O–H groups in total. The lowest BCUT2D eigenvalue weighted by Crippen LogP contribution is -1.92. The molecular weight excluding hydrogens is 268 g/mol. The number of rotatable bonds is 3. The van der Waals surface area contributed by atoms with E-state index in [9.17, 15) is 0 Å². The SMILES string of the molecule is S=C(SCc1ccccc1)c1ccc(Cl)cc1. The van der Waals surface area contributed by atoms with Crippen molar-refractivity contribution in [2.75, 3.05) is 0 Å². The van der Waals surface area contributed by atoms with Crippen LogP contribution in [0, 0.1) is 0 Å². The zero-order valence-electron chi connectivity index (χ0n) is 9.10. The summed E-state index contributed by atoms with van der Waals surface area (Å²) in [5.41, 5.74) is 2.35. The average Bonchev–Trinajstić information content (AvgIpc) is 2.38. The van der Waals surface area contributed by atoms with Gasteiger partial charge in [0.1, 0.15) is 0 Å². The minimum atomic E-state index is 0.740. The molecular formula is C14H11ClS2. The topological polar surface area (TPSA) is 0 Å². The number of thioether (sulfide) groups is 1. The third-order valence-electron chi connectivity index (χ3n) is 2.29. The molecule has 0 saturated carbocycles. The van der Waals surface area contributed by atoms with Gasteiger partial charge in [0.2, 0.25) is 0 Å². The molecule has 0 nitrogen and oxygen atoms in total. The summed E-state index contributed by atoms with van der Waals surface area (Å²) in [5.74, 6) is 0.905. The quantitative estimate of drug-likeness (QED) is 0.729. The molecule has 0 aliphatic carbocycles. The minimum Gasteiger partial charge on any atom is -0.109 e. The van der Waals surface area contributed by atoms with Crippen molar-refractivity contribution in [2.24, 2.45) is 0 Å². The Morgan fingerprint density at radius 3 is 2.29 bits per heavy atom. The lowest BCUT2D eigenvalue weighted by Gasteiger charge is -2.04. The monoisotopic (exact) mass is 278 g/mol. The van der Waals surface area contributed by atoms with E-state index in [4.69, 9.17) is 23.8 Å². The van der Waals surface area contributed by atoms with Crippen LogP contribution in [0.2, 0.25) is 5.02 Å². The highest BCUT2D eigenvalue weighted by Crippen LogP contribution is 2.20. The Kier molecular flexibility index (Phi) is 4.60. The van der Waals surface area contributed by atoms with Crippen molar-refractivity contribution in [3.05, 3.63) is 70.7 Å². The Morgan fingerprint density at radius 1 is 1.00 bits per heavy atom. The smallest absolute Gasteiger partial charge is 0.0781 e. The maximum atomic E-state index is 5.84. The highest BCUT2D eigenvalue weighted by Gasteiger charge is 2.02. The van der Waals surface area contributed by atoms with E-state index in [0.29, 0.717) is 0 Å². The van der Waals surface area contributed by atoms with E-state index < -0.39 is 0 Å². The van der Waals surface area contributed by atoms with Crippen molar-refractivity contribution < 1.29 is 0 Å². The number of hydrogen-bond donors (Lipinski definition) is 0. The molecule has 86 valence electrons. The van der Waals surface area contributed by atoms with Gasteiger partial charge in [0.05, 0.1) is 4.20 Å². The van der Waals surface area contributed by atoms with Gasteiger partial charge in [0.15, 0.2) is 0 Å². The second kappa shape index (κ2) is 6.20. The van der Waals surface area contributed by atoms with Gasteiger partial charge in [-0.1, -0.05) is 66.3 Å². The molecule has 2 aromatic carbocycles. The molecule has 0 radical (unpaired) electrons. The number of hydrogen-bond acceptors (Lipinski definition) is 2. The predicted octanol–water partition coefficient (Wildman–Crippen LogP) is 4.95. The fourth-order valence-electron chi connectivity index (χ4n) is 1.39. The number of benzene rings is 2. The molecule has 2 rings (SSSR count). The van der Waals surface area contributed by atoms with Crippen LogP contribution in [0.25, 0.3) is 0 Å². The Labute approximate surface area is 116 Å². The van der Waals surface area contributed by atoms with Crippen LogP contribution >= 0.6 is 35.6 Å². The highest BCUT2D eigenvalue weighted by atomic mass is 35.5. The molecule has 0 saturated heterocycles. The van der Waals surface area contributed by atoms with E-state index in [1.165, 1.54) is 5.56 Å². The molecule has 0 unspecified atom stereocenters. The molecule has 3 heteroatoms. The zero-order valence-corrected chi connectivity index (χ0v) is 11.5. The molecule has 0 atom stereocenters. The molecule has 0 bridgehead atoms. The Balaban J connectivity index is 1.96. The average molecular weight is 279 g/mol. The largest absolute Gasteiger partial charge is 0.109 e. The van der Waals surface area contributed by atoms with Crippen molar-refractivity contribution in [3.8, 4) is 0 Å². The number of thiocarbonyl (C=S) groups is 1. The summed E-state index contributed by atoms with van der Waals surface area (Å²) in [4.78, 5) is 0. The molecule has 0 aromatic heterocycles. The molecule has 0 spiro atoms. The van der Waals surface area contributed by atoms with Gasteiger partial charge < -0.3 is 0 Å². The van der Waals surface area contributed by atoms with Gasteiger partial charge in [0.25, 0.3) is 0 Å². The van der Waals surface area contributed by atoms with Crippen molar-refractivity contribution in [2.45, 2.75) is 5.75 Å². The minimum absolute atomic E-state index is 0.740. The summed E-state index contributed by atoms with van der Waals surface area (Å²) in [7, 11) is 0. The molecule has 0 fully saturated rings. The molecule has 0 amide bonds. The van der Waals surface area contributed by atoms with Crippen LogP contribution in [-0.2, 0) is 5.75 Å². The van der Waals surface area contributed by atoms with Crippen molar-refractivity contribution in [1.29, 1.82) is 0 Å². The molecule has 0 heterocycles. The maximum absolute atomic E-state index is 5.84. The molecule has 17 heavy (non-hydrogen) atoms. The van der Waals surface area contributed by atoms with E-state index >= 15 is 0 Å². The first-order valence-corrected chi connectivity index (χ1v) is 6.99. The summed E-state index contributed by atoms with van der Waals surface area (Å²) in [6.07, 6.45) is 0. The van der Waals surface area contributed by atoms with Gasteiger partial charge in [0, 0.05) is 10.8 Å². The van der Waals surface area contributed by atoms with Crippen LogP contribution in [0.1, 0.15) is 11.1 Å². The van der Waals surface area contributed by atoms with E-state index in [0.717, 1.165) is 20.5 Å². The Hall–Kier alpha value is -0.830. The number of halogens is 1. The van der Waals surface area contributed by atoms with Crippen LogP contribution < -0.4 is 0 Å². The van der Waals surface area contributed by atoms with Gasteiger partial charge in [-0.05, 0) is 23.3 Å². The molecule has 2 aromatic rings. The molecule has 0 aliphatic heterocycles. The van der Waals surface area contributed by atoms with Crippen molar-refractivity contribution >= 4 is 39.8 Å². The second-order valence-electron chi connectivity index (χ2n) is 3.57. The van der Waals surface area contributed by atoms with Crippen LogP contribution in [0.3, 0.4) is 0 Å². The third kappa shape index (κ3) is 3.84. The zero-order chi connectivity index (χ0) is 12.1. The molecule has 0 aliphatic rings. The van der Waals surface area contributed by atoms with E-state index in [1.54, 1.807) is 11.8 Å². The second-order valence-corrected chi connectivity index (χ2v) is 5.66. The summed E-state index contributed by atoms with van der Waals surface area (Å²) in [6, 6.07) is 18.0. The van der Waals surface area contributed by atoms with Crippen molar-refractivity contribution in [1.82, 2.24) is 0 Å². The summed E-state index contributed by atoms with van der Waals surface area (Å²) in [5, 5.41) is 0.740. The lowest BCUT2D eigenvalue weighted by molar-refractivity contribution is 1.43. The van der Waals surface area contributed by atoms with Crippen LogP contribution in [-0.4, -0.2) is 4.20 Å². The van der Waals surface area contributed by atoms with Crippen LogP contribution in [0.15, 0.2) is 54.6 Å². The van der Waals surface area contributed by atoms with Crippen LogP contribution in [0.5, 0.6) is 0 Å². The third-order valence-corrected chi connectivity index (χ3v) is 4.11. The van der Waals surface area contributed by atoms with E-state index in [-0.39, 0.29) is 0 Å². The van der Waals surface area contributed by atoms with Gasteiger partial charge >= 0.3 is 0 Å². The summed E-state index contributed by atoms with van der Waals surface area (Å²) >= 11 is 12.9. The van der Waals surface area contributed by atoms with Gasteiger partial charge in [-0.15, -0.1) is 11.8 Å². The fraction of sp³-hybridized carbons (Fsp3) is 0.0714. The summed E-state index contributed by atoms with van der Waals surface area (Å²) in [6.45, 7) is 0. The predicted molar refractivity (Wildman–Crippen MR) is 80.9 cm³/mol. The van der Waals surface area contributed by atoms with Gasteiger partial charge in [-0.3, -0.25) is 0 Å². The van der Waals surface area contributed by atoms with E-state index in [1.807, 2.05) is 42.5 Å². The Bertz CT molecular complexity index is 491. The lowest BCUT2D eigenvalue weighted by atomic mass is 10.2.